The van der Waals surface area contributed by atoms with Crippen LogP contribution in [0, 0.1) is 13.8 Å². The van der Waals surface area contributed by atoms with Gasteiger partial charge in [-0.25, -0.2) is 9.73 Å². The van der Waals surface area contributed by atoms with E-state index in [-0.39, 0.29) is 22.8 Å². The highest BCUT2D eigenvalue weighted by atomic mass is 32.1. The van der Waals surface area contributed by atoms with Crippen LogP contribution in [0.15, 0.2) is 4.79 Å². The molecule has 0 radical (unpaired) electrons. The molecule has 2 N–H and O–H groups in total. The topological polar surface area (TPSA) is 92.2 Å². The number of thiophene rings is 1. The monoisotopic (exact) mass is 277 g/mol. The smallest absolute Gasteiger partial charge is 0.282 e. The minimum Gasteiger partial charge on any atom is -0.354 e. The van der Waals surface area contributed by atoms with Gasteiger partial charge in [-0.15, -0.1) is 16.4 Å². The van der Waals surface area contributed by atoms with Crippen molar-refractivity contribution < 1.29 is 4.79 Å². The summed E-state index contributed by atoms with van der Waals surface area (Å²) in [6.07, 6.45) is 0. The summed E-state index contributed by atoms with van der Waals surface area (Å²) in [5, 5.41) is 9.70. The van der Waals surface area contributed by atoms with Crippen molar-refractivity contribution in [3.63, 3.8) is 0 Å². The van der Waals surface area contributed by atoms with Crippen LogP contribution in [-0.2, 0) is 0 Å². The molecule has 0 aliphatic heterocycles. The van der Waals surface area contributed by atoms with E-state index in [0.717, 1.165) is 15.3 Å². The Kier molecular flexibility index (Phi) is 2.42. The largest absolute Gasteiger partial charge is 0.354 e. The summed E-state index contributed by atoms with van der Waals surface area (Å²) >= 11 is 1.48. The molecule has 0 saturated carbocycles. The zero-order valence-electron chi connectivity index (χ0n) is 10.6. The molecule has 0 spiro atoms. The van der Waals surface area contributed by atoms with Crippen molar-refractivity contribution in [1.82, 2.24) is 25.1 Å². The fourth-order valence-corrected chi connectivity index (χ4v) is 3.10. The minimum absolute atomic E-state index is 0.116. The molecule has 3 aromatic heterocycles. The second kappa shape index (κ2) is 3.89. The molecule has 1 amide bonds. The van der Waals surface area contributed by atoms with Crippen LogP contribution >= 0.6 is 11.3 Å². The molecule has 0 atom stereocenters. The number of nitrogens with zero attached hydrogens (tertiary/aromatic N) is 3. The van der Waals surface area contributed by atoms with Crippen LogP contribution in [0.2, 0.25) is 0 Å². The van der Waals surface area contributed by atoms with Crippen molar-refractivity contribution in [2.45, 2.75) is 13.8 Å². The van der Waals surface area contributed by atoms with Gasteiger partial charge in [0.2, 0.25) is 0 Å². The molecule has 0 aliphatic carbocycles. The lowest BCUT2D eigenvalue weighted by atomic mass is 10.2. The number of amides is 1. The third kappa shape index (κ3) is 1.49. The number of rotatable bonds is 1. The highest BCUT2D eigenvalue weighted by molar-refractivity contribution is 7.18. The van der Waals surface area contributed by atoms with E-state index in [4.69, 9.17) is 0 Å². The normalized spacial score (nSPS) is 11.3. The van der Waals surface area contributed by atoms with Gasteiger partial charge in [-0.2, -0.15) is 4.98 Å². The summed E-state index contributed by atoms with van der Waals surface area (Å²) in [6.45, 7) is 3.83. The number of fused-ring (bicyclic) bond motifs is 3. The Labute approximate surface area is 111 Å². The first-order chi connectivity index (χ1) is 9.04. The van der Waals surface area contributed by atoms with Crippen molar-refractivity contribution in [2.24, 2.45) is 0 Å². The first-order valence-corrected chi connectivity index (χ1v) is 6.45. The first-order valence-electron chi connectivity index (χ1n) is 5.63. The highest BCUT2D eigenvalue weighted by Crippen LogP contribution is 2.27. The van der Waals surface area contributed by atoms with Gasteiger partial charge in [-0.3, -0.25) is 9.59 Å². The molecule has 0 aromatic carbocycles. The maximum absolute atomic E-state index is 12.1. The summed E-state index contributed by atoms with van der Waals surface area (Å²) in [5.74, 6) is -0.380. The van der Waals surface area contributed by atoms with Gasteiger partial charge >= 0.3 is 0 Å². The summed E-state index contributed by atoms with van der Waals surface area (Å²) in [4.78, 5) is 29.5. The van der Waals surface area contributed by atoms with E-state index in [1.54, 1.807) is 4.52 Å². The van der Waals surface area contributed by atoms with Crippen LogP contribution in [0.1, 0.15) is 20.9 Å². The first kappa shape index (κ1) is 11.8. The average molecular weight is 277 g/mol. The van der Waals surface area contributed by atoms with E-state index < -0.39 is 0 Å². The number of nitrogens with one attached hydrogen (secondary N) is 2. The number of hydrogen-bond acceptors (Lipinski definition) is 5. The van der Waals surface area contributed by atoms with Crippen LogP contribution in [0.3, 0.4) is 0 Å². The van der Waals surface area contributed by atoms with Crippen molar-refractivity contribution in [1.29, 1.82) is 0 Å². The number of aryl methyl sites for hydroxylation is 2. The highest BCUT2D eigenvalue weighted by Gasteiger charge is 2.19. The molecular formula is C11H11N5O2S. The van der Waals surface area contributed by atoms with Crippen LogP contribution < -0.4 is 10.9 Å². The number of carbonyl (C=O) groups excluding carboxylic acids is 1. The molecule has 3 aromatic rings. The van der Waals surface area contributed by atoms with Gasteiger partial charge in [0.25, 0.3) is 11.5 Å². The molecule has 19 heavy (non-hydrogen) atoms. The van der Waals surface area contributed by atoms with E-state index >= 15 is 0 Å². The molecule has 8 heteroatoms. The summed E-state index contributed by atoms with van der Waals surface area (Å²) < 4.78 is 1.58. The predicted molar refractivity (Wildman–Crippen MR) is 71.9 cm³/mol. The maximum Gasteiger partial charge on any atom is 0.282 e. The molecule has 0 unspecified atom stereocenters. The average Bonchev–Trinajstić information content (AvgIpc) is 2.92. The summed E-state index contributed by atoms with van der Waals surface area (Å²) in [5.41, 5.74) is 0.953. The summed E-state index contributed by atoms with van der Waals surface area (Å²) in [6, 6.07) is 0. The van der Waals surface area contributed by atoms with Gasteiger partial charge in [-0.1, -0.05) is 0 Å². The molecule has 0 bridgehead atoms. The Morgan fingerprint density at radius 1 is 1.42 bits per heavy atom. The lowest BCUT2D eigenvalue weighted by molar-refractivity contribution is 0.0959. The lowest BCUT2D eigenvalue weighted by Gasteiger charge is -1.96. The zero-order chi connectivity index (χ0) is 13.7. The SMILES string of the molecule is CNC(=O)c1n[nH]n2c1nc(=O)c1c(C)c(C)sc12. The molecule has 98 valence electrons. The van der Waals surface area contributed by atoms with Crippen LogP contribution in [0.4, 0.5) is 0 Å². The van der Waals surface area contributed by atoms with Gasteiger partial charge in [0.05, 0.1) is 5.39 Å². The Hall–Kier alpha value is -2.22. The second-order valence-electron chi connectivity index (χ2n) is 4.18. The van der Waals surface area contributed by atoms with E-state index in [0.29, 0.717) is 5.39 Å². The van der Waals surface area contributed by atoms with Crippen LogP contribution in [0.5, 0.6) is 0 Å². The van der Waals surface area contributed by atoms with Gasteiger partial charge in [-0.05, 0) is 19.4 Å². The minimum atomic E-state index is -0.380. The number of hydrogen-bond donors (Lipinski definition) is 2. The van der Waals surface area contributed by atoms with Gasteiger partial charge in [0.1, 0.15) is 4.83 Å². The van der Waals surface area contributed by atoms with Crippen LogP contribution in [0.25, 0.3) is 15.9 Å². The molecule has 3 rings (SSSR count). The van der Waals surface area contributed by atoms with Gasteiger partial charge in [0, 0.05) is 11.9 Å². The molecular weight excluding hydrogens is 266 g/mol. The molecule has 0 aliphatic rings. The lowest BCUT2D eigenvalue weighted by Crippen LogP contribution is -2.20. The van der Waals surface area contributed by atoms with Crippen molar-refractivity contribution in [3.8, 4) is 0 Å². The Morgan fingerprint density at radius 3 is 2.84 bits per heavy atom. The fourth-order valence-electron chi connectivity index (χ4n) is 1.99. The Bertz CT molecular complexity index is 873. The second-order valence-corrected chi connectivity index (χ2v) is 5.38. The maximum atomic E-state index is 12.1. The van der Waals surface area contributed by atoms with Gasteiger partial charge in [0.15, 0.2) is 11.3 Å². The molecule has 0 fully saturated rings. The third-order valence-electron chi connectivity index (χ3n) is 3.12. The van der Waals surface area contributed by atoms with Crippen molar-refractivity contribution in [2.75, 3.05) is 7.05 Å². The van der Waals surface area contributed by atoms with Gasteiger partial charge < -0.3 is 5.32 Å². The number of H-pyrrole nitrogens is 1. The van der Waals surface area contributed by atoms with Crippen LogP contribution in [-0.4, -0.2) is 32.8 Å². The summed E-state index contributed by atoms with van der Waals surface area (Å²) in [7, 11) is 1.50. The molecule has 0 saturated heterocycles. The third-order valence-corrected chi connectivity index (χ3v) is 4.31. The van der Waals surface area contributed by atoms with E-state index in [2.05, 4.69) is 20.6 Å². The predicted octanol–water partition coefficient (Wildman–Crippen LogP) is 0.609. The van der Waals surface area contributed by atoms with E-state index in [9.17, 15) is 9.59 Å². The molecule has 3 heterocycles. The Balaban J connectivity index is 2.50. The fraction of sp³-hybridized carbons (Fsp3) is 0.273. The zero-order valence-corrected chi connectivity index (χ0v) is 11.4. The quantitative estimate of drug-likeness (QED) is 0.681. The Morgan fingerprint density at radius 2 is 2.16 bits per heavy atom. The van der Waals surface area contributed by atoms with Crippen molar-refractivity contribution >= 4 is 33.1 Å². The van der Waals surface area contributed by atoms with Crippen molar-refractivity contribution in [3.05, 3.63) is 26.5 Å². The molecule has 7 nitrogen and oxygen atoms in total. The number of aromatic nitrogens is 4. The van der Waals surface area contributed by atoms with E-state index in [1.165, 1.54) is 18.4 Å². The van der Waals surface area contributed by atoms with E-state index in [1.807, 2.05) is 13.8 Å². The number of carbonyl (C=O) groups is 1. The number of aromatic amines is 1. The standard InChI is InChI=1S/C11H11N5O2S/c1-4-5(2)19-11-6(4)9(17)13-8-7(10(18)12-3)14-15-16(8)11/h15H,1-3H3,(H,12,18).